The summed E-state index contributed by atoms with van der Waals surface area (Å²) in [7, 11) is 0. The van der Waals surface area contributed by atoms with E-state index in [-0.39, 0.29) is 6.61 Å². The van der Waals surface area contributed by atoms with Crippen molar-refractivity contribution in [2.45, 2.75) is 26.4 Å². The highest BCUT2D eigenvalue weighted by atomic mass is 32.1. The van der Waals surface area contributed by atoms with Crippen LogP contribution in [0.2, 0.25) is 0 Å². The van der Waals surface area contributed by atoms with Gasteiger partial charge in [-0.25, -0.2) is 0 Å². The number of aliphatic hydroxyl groups is 1. The van der Waals surface area contributed by atoms with Crippen LogP contribution in [0.25, 0.3) is 0 Å². The molecule has 0 aliphatic heterocycles. The van der Waals surface area contributed by atoms with Gasteiger partial charge < -0.3 is 14.6 Å². The monoisotopic (exact) mass is 268 g/mol. The lowest BCUT2D eigenvalue weighted by Gasteiger charge is -2.04. The van der Waals surface area contributed by atoms with Crippen LogP contribution in [0.15, 0.2) is 11.4 Å². The second kappa shape index (κ2) is 10.1. The van der Waals surface area contributed by atoms with Gasteiger partial charge in [0.05, 0.1) is 19.8 Å². The Bertz CT molecular complexity index is 376. The molecule has 0 aliphatic rings. The van der Waals surface area contributed by atoms with Crippen molar-refractivity contribution in [3.63, 3.8) is 0 Å². The molecule has 0 saturated heterocycles. The van der Waals surface area contributed by atoms with Crippen LogP contribution >= 0.6 is 11.3 Å². The zero-order chi connectivity index (χ0) is 13.1. The van der Waals surface area contributed by atoms with E-state index in [1.807, 2.05) is 11.4 Å². The fourth-order valence-electron chi connectivity index (χ4n) is 1.33. The summed E-state index contributed by atoms with van der Waals surface area (Å²) in [5.41, 5.74) is 0.945. The maximum Gasteiger partial charge on any atom is 0.104 e. The highest BCUT2D eigenvalue weighted by molar-refractivity contribution is 7.10. The fraction of sp³-hybridized carbons (Fsp3) is 0.571. The molecular formula is C14H20O3S. The quantitative estimate of drug-likeness (QED) is 0.581. The lowest BCUT2D eigenvalue weighted by Crippen LogP contribution is -2.05. The summed E-state index contributed by atoms with van der Waals surface area (Å²) < 4.78 is 10.9. The van der Waals surface area contributed by atoms with Crippen LogP contribution in [-0.4, -0.2) is 31.5 Å². The lowest BCUT2D eigenvalue weighted by molar-refractivity contribution is 0.0405. The van der Waals surface area contributed by atoms with Gasteiger partial charge in [-0.2, -0.15) is 0 Å². The van der Waals surface area contributed by atoms with Gasteiger partial charge in [-0.15, -0.1) is 11.3 Å². The Morgan fingerprint density at radius 3 is 2.89 bits per heavy atom. The molecule has 100 valence electrons. The minimum atomic E-state index is -0.110. The van der Waals surface area contributed by atoms with E-state index in [9.17, 15) is 0 Å². The number of unbranched alkanes of at least 4 members (excludes halogenated alkanes) is 1. The highest BCUT2D eigenvalue weighted by Crippen LogP contribution is 2.16. The molecule has 4 heteroatoms. The summed E-state index contributed by atoms with van der Waals surface area (Å²) in [6.45, 7) is 4.65. The molecule has 0 fully saturated rings. The third-order valence-electron chi connectivity index (χ3n) is 2.29. The molecule has 1 aromatic heterocycles. The summed E-state index contributed by atoms with van der Waals surface area (Å²) in [5.74, 6) is 5.56. The standard InChI is InChI=1S/C14H20O3S/c1-2-3-8-16-9-10-17-12-14-13(5-4-7-15)6-11-18-14/h6,11,15H,2-3,7-10,12H2,1H3. The fourth-order valence-corrected chi connectivity index (χ4v) is 2.10. The molecule has 0 saturated carbocycles. The number of aliphatic hydroxyl groups excluding tert-OH is 1. The Morgan fingerprint density at radius 1 is 1.28 bits per heavy atom. The normalized spacial score (nSPS) is 10.1. The van der Waals surface area contributed by atoms with Crippen molar-refractivity contribution in [2.24, 2.45) is 0 Å². The summed E-state index contributed by atoms with van der Waals surface area (Å²) in [6, 6.07) is 1.95. The first-order valence-corrected chi connectivity index (χ1v) is 7.08. The largest absolute Gasteiger partial charge is 0.384 e. The molecule has 1 rings (SSSR count). The van der Waals surface area contributed by atoms with E-state index in [1.54, 1.807) is 11.3 Å². The van der Waals surface area contributed by atoms with Crippen LogP contribution in [0, 0.1) is 11.8 Å². The lowest BCUT2D eigenvalue weighted by atomic mass is 10.2. The van der Waals surface area contributed by atoms with Gasteiger partial charge in [0.1, 0.15) is 6.61 Å². The summed E-state index contributed by atoms with van der Waals surface area (Å²) in [4.78, 5) is 1.10. The molecule has 1 N–H and O–H groups in total. The third kappa shape index (κ3) is 6.18. The van der Waals surface area contributed by atoms with Gasteiger partial charge in [-0.3, -0.25) is 0 Å². The molecule has 0 spiro atoms. The topological polar surface area (TPSA) is 38.7 Å². The zero-order valence-corrected chi connectivity index (χ0v) is 11.6. The van der Waals surface area contributed by atoms with E-state index in [4.69, 9.17) is 14.6 Å². The van der Waals surface area contributed by atoms with E-state index in [1.165, 1.54) is 0 Å². The zero-order valence-electron chi connectivity index (χ0n) is 10.8. The van der Waals surface area contributed by atoms with Crippen molar-refractivity contribution >= 4 is 11.3 Å². The molecule has 1 aromatic rings. The molecule has 0 aliphatic carbocycles. The third-order valence-corrected chi connectivity index (χ3v) is 3.19. The Kier molecular flexibility index (Phi) is 8.53. The van der Waals surface area contributed by atoms with E-state index in [0.29, 0.717) is 19.8 Å². The molecule has 3 nitrogen and oxygen atoms in total. The van der Waals surface area contributed by atoms with Gasteiger partial charge in [0.15, 0.2) is 0 Å². The van der Waals surface area contributed by atoms with Crippen LogP contribution in [0.4, 0.5) is 0 Å². The van der Waals surface area contributed by atoms with Crippen molar-refractivity contribution in [3.8, 4) is 11.8 Å². The molecule has 0 aromatic carbocycles. The van der Waals surface area contributed by atoms with E-state index >= 15 is 0 Å². The second-order valence-corrected chi connectivity index (χ2v) is 4.74. The predicted octanol–water partition coefficient (Wildman–Crippen LogP) is 2.43. The predicted molar refractivity (Wildman–Crippen MR) is 73.7 cm³/mol. The SMILES string of the molecule is CCCCOCCOCc1sccc1C#CCO. The van der Waals surface area contributed by atoms with Crippen molar-refractivity contribution in [1.29, 1.82) is 0 Å². The molecule has 1 heterocycles. The van der Waals surface area contributed by atoms with E-state index in [0.717, 1.165) is 29.9 Å². The number of hydrogen-bond acceptors (Lipinski definition) is 4. The first kappa shape index (κ1) is 15.2. The number of ether oxygens (including phenoxy) is 2. The van der Waals surface area contributed by atoms with Crippen LogP contribution < -0.4 is 0 Å². The Morgan fingerprint density at radius 2 is 2.11 bits per heavy atom. The minimum absolute atomic E-state index is 0.110. The number of rotatable bonds is 8. The van der Waals surface area contributed by atoms with Crippen LogP contribution in [0.5, 0.6) is 0 Å². The highest BCUT2D eigenvalue weighted by Gasteiger charge is 2.01. The molecule has 0 bridgehead atoms. The van der Waals surface area contributed by atoms with Crippen LogP contribution in [0.3, 0.4) is 0 Å². The van der Waals surface area contributed by atoms with E-state index in [2.05, 4.69) is 18.8 Å². The summed E-state index contributed by atoms with van der Waals surface area (Å²) >= 11 is 1.62. The molecule has 0 atom stereocenters. The molecule has 0 amide bonds. The van der Waals surface area contributed by atoms with Gasteiger partial charge in [0.2, 0.25) is 0 Å². The first-order chi connectivity index (χ1) is 8.88. The average Bonchev–Trinajstić information content (AvgIpc) is 2.83. The van der Waals surface area contributed by atoms with Crippen LogP contribution in [0.1, 0.15) is 30.2 Å². The van der Waals surface area contributed by atoms with Gasteiger partial charge in [-0.1, -0.05) is 25.2 Å². The Labute approximate surface area is 113 Å². The first-order valence-electron chi connectivity index (χ1n) is 6.20. The number of thiophene rings is 1. The second-order valence-electron chi connectivity index (χ2n) is 3.74. The maximum atomic E-state index is 8.65. The Balaban J connectivity index is 2.17. The van der Waals surface area contributed by atoms with Gasteiger partial charge in [-0.05, 0) is 17.9 Å². The van der Waals surface area contributed by atoms with Crippen molar-refractivity contribution < 1.29 is 14.6 Å². The van der Waals surface area contributed by atoms with Gasteiger partial charge >= 0.3 is 0 Å². The molecule has 0 radical (unpaired) electrons. The van der Waals surface area contributed by atoms with Gasteiger partial charge in [0.25, 0.3) is 0 Å². The maximum absolute atomic E-state index is 8.65. The summed E-state index contributed by atoms with van der Waals surface area (Å²) in [5, 5.41) is 10.6. The minimum Gasteiger partial charge on any atom is -0.384 e. The van der Waals surface area contributed by atoms with Crippen LogP contribution in [-0.2, 0) is 16.1 Å². The van der Waals surface area contributed by atoms with Gasteiger partial charge in [0, 0.05) is 17.0 Å². The average molecular weight is 268 g/mol. The van der Waals surface area contributed by atoms with Crippen molar-refractivity contribution in [2.75, 3.05) is 26.4 Å². The molecule has 0 unspecified atom stereocenters. The van der Waals surface area contributed by atoms with Crippen molar-refractivity contribution in [1.82, 2.24) is 0 Å². The molecule has 18 heavy (non-hydrogen) atoms. The van der Waals surface area contributed by atoms with Crippen molar-refractivity contribution in [3.05, 3.63) is 21.9 Å². The van der Waals surface area contributed by atoms with E-state index < -0.39 is 0 Å². The smallest absolute Gasteiger partial charge is 0.104 e. The molecular weight excluding hydrogens is 248 g/mol. The number of hydrogen-bond donors (Lipinski definition) is 1. The summed E-state index contributed by atoms with van der Waals surface area (Å²) in [6.07, 6.45) is 2.26. The Hall–Kier alpha value is -0.860.